The molecule has 4 aliphatic rings. The van der Waals surface area contributed by atoms with Crippen molar-refractivity contribution >= 4 is 17.7 Å². The van der Waals surface area contributed by atoms with Gasteiger partial charge in [0.25, 0.3) is 0 Å². The maximum Gasteiger partial charge on any atom is 0.303 e. The zero-order chi connectivity index (χ0) is 26.0. The minimum Gasteiger partial charge on any atom is -0.481 e. The van der Waals surface area contributed by atoms with Crippen molar-refractivity contribution < 1.29 is 34.4 Å². The van der Waals surface area contributed by atoms with Gasteiger partial charge in [-0.05, 0) is 73.7 Å². The molecule has 7 heteroatoms. The van der Waals surface area contributed by atoms with E-state index in [1.807, 2.05) is 6.92 Å². The van der Waals surface area contributed by atoms with Gasteiger partial charge in [-0.1, -0.05) is 27.7 Å². The lowest BCUT2D eigenvalue weighted by Crippen LogP contribution is -2.53. The molecule has 0 aromatic carbocycles. The number of aliphatic hydroxyl groups is 1. The molecule has 2 fully saturated rings. The average molecular weight is 491 g/mol. The number of hydrogen-bond acceptors (Lipinski definition) is 5. The lowest BCUT2D eigenvalue weighted by molar-refractivity contribution is -0.138. The first kappa shape index (κ1) is 26.3. The highest BCUT2D eigenvalue weighted by molar-refractivity contribution is 6.00. The van der Waals surface area contributed by atoms with E-state index in [4.69, 9.17) is 4.74 Å². The summed E-state index contributed by atoms with van der Waals surface area (Å²) >= 11 is 0. The molecule has 2 bridgehead atoms. The molecule has 0 amide bonds. The number of carboxylic acids is 2. The quantitative estimate of drug-likeness (QED) is 0.431. The van der Waals surface area contributed by atoms with Crippen LogP contribution in [0.3, 0.4) is 0 Å². The molecular weight excluding hydrogens is 448 g/mol. The van der Waals surface area contributed by atoms with E-state index in [0.717, 1.165) is 30.4 Å². The standard InChI is InChI=1S/C28H42O7/c1-16(8-9-22(33)34)17-10-12-26(3)24-19-13-20(28(5,15-29)35-19)25(2,11-6-7-21(31)32)23(24)18(30)14-27(17,26)4/h16-17,19-20,29H,6-15H2,1-5H3,(H,31,32)(H,33,34)/t16?,17-,19+,20-,25+,26+,27-,28-/m1/s1. The fourth-order valence-electron chi connectivity index (χ4n) is 8.94. The van der Waals surface area contributed by atoms with Gasteiger partial charge in [-0.3, -0.25) is 14.4 Å². The number of carboxylic acid groups (broad SMARTS) is 2. The normalized spacial score (nSPS) is 43.1. The van der Waals surface area contributed by atoms with Crippen molar-refractivity contribution in [1.82, 2.24) is 0 Å². The van der Waals surface area contributed by atoms with Crippen molar-refractivity contribution in [3.8, 4) is 0 Å². The number of carbonyl (C=O) groups excluding carboxylic acids is 1. The fraction of sp³-hybridized carbons (Fsp3) is 0.821. The van der Waals surface area contributed by atoms with Crippen molar-refractivity contribution in [2.75, 3.05) is 6.61 Å². The average Bonchev–Trinajstić information content (AvgIpc) is 3.22. The number of ether oxygens (including phenoxy) is 1. The second kappa shape index (κ2) is 8.69. The van der Waals surface area contributed by atoms with Crippen LogP contribution in [0.2, 0.25) is 0 Å². The summed E-state index contributed by atoms with van der Waals surface area (Å²) in [6.45, 7) is 10.5. The Bertz CT molecular complexity index is 955. The first-order valence-corrected chi connectivity index (χ1v) is 13.2. The second-order valence-corrected chi connectivity index (χ2v) is 12.7. The van der Waals surface area contributed by atoms with Gasteiger partial charge in [-0.2, -0.15) is 0 Å². The third-order valence-corrected chi connectivity index (χ3v) is 10.9. The van der Waals surface area contributed by atoms with Crippen LogP contribution in [-0.2, 0) is 19.1 Å². The molecular formula is C28H42O7. The largest absolute Gasteiger partial charge is 0.481 e. The zero-order valence-electron chi connectivity index (χ0n) is 21.9. The van der Waals surface area contributed by atoms with Gasteiger partial charge in [0, 0.05) is 36.2 Å². The first-order chi connectivity index (χ1) is 16.2. The van der Waals surface area contributed by atoms with Crippen LogP contribution in [0, 0.1) is 34.0 Å². The van der Waals surface area contributed by atoms with Crippen LogP contribution in [-0.4, -0.2) is 51.4 Å². The lowest BCUT2D eigenvalue weighted by atomic mass is 9.46. The predicted molar refractivity (Wildman–Crippen MR) is 130 cm³/mol. The van der Waals surface area contributed by atoms with E-state index in [9.17, 15) is 29.7 Å². The third-order valence-electron chi connectivity index (χ3n) is 10.9. The minimum atomic E-state index is -0.840. The Labute approximate surface area is 208 Å². The molecule has 196 valence electrons. The Morgan fingerprint density at radius 3 is 2.37 bits per heavy atom. The smallest absolute Gasteiger partial charge is 0.303 e. The van der Waals surface area contributed by atoms with E-state index in [1.54, 1.807) is 0 Å². The fourth-order valence-corrected chi connectivity index (χ4v) is 8.94. The monoisotopic (exact) mass is 490 g/mol. The van der Waals surface area contributed by atoms with Gasteiger partial charge >= 0.3 is 11.9 Å². The van der Waals surface area contributed by atoms with Crippen molar-refractivity contribution in [3.05, 3.63) is 11.1 Å². The molecule has 35 heavy (non-hydrogen) atoms. The van der Waals surface area contributed by atoms with E-state index in [1.165, 1.54) is 0 Å². The van der Waals surface area contributed by atoms with Crippen molar-refractivity contribution in [2.24, 2.45) is 34.0 Å². The summed E-state index contributed by atoms with van der Waals surface area (Å²) in [4.78, 5) is 36.6. The van der Waals surface area contributed by atoms with Gasteiger partial charge in [0.15, 0.2) is 5.78 Å². The Morgan fingerprint density at radius 2 is 1.77 bits per heavy atom. The Balaban J connectivity index is 1.79. The number of aliphatic hydroxyl groups excluding tert-OH is 1. The van der Waals surface area contributed by atoms with Crippen LogP contribution in [0.5, 0.6) is 0 Å². The Morgan fingerprint density at radius 1 is 1.11 bits per heavy atom. The highest BCUT2D eigenvalue weighted by Gasteiger charge is 2.69. The van der Waals surface area contributed by atoms with E-state index in [0.29, 0.717) is 25.7 Å². The molecule has 1 saturated heterocycles. The molecule has 0 spiro atoms. The molecule has 1 saturated carbocycles. The van der Waals surface area contributed by atoms with E-state index in [-0.39, 0.29) is 59.9 Å². The van der Waals surface area contributed by atoms with Gasteiger partial charge in [0.1, 0.15) is 0 Å². The molecule has 0 aromatic heterocycles. The van der Waals surface area contributed by atoms with Gasteiger partial charge in [0.2, 0.25) is 0 Å². The molecule has 3 N–H and O–H groups in total. The van der Waals surface area contributed by atoms with Crippen molar-refractivity contribution in [2.45, 2.75) is 104 Å². The summed E-state index contributed by atoms with van der Waals surface area (Å²) in [5.74, 6) is -1.11. The minimum absolute atomic E-state index is 0.0530. The molecule has 0 aromatic rings. The lowest BCUT2D eigenvalue weighted by Gasteiger charge is -2.56. The maximum atomic E-state index is 14.1. The van der Waals surface area contributed by atoms with Crippen LogP contribution >= 0.6 is 0 Å². The number of hydrogen-bond donors (Lipinski definition) is 3. The summed E-state index contributed by atoms with van der Waals surface area (Å²) in [7, 11) is 0. The summed E-state index contributed by atoms with van der Waals surface area (Å²) in [5, 5.41) is 28.9. The molecule has 4 rings (SSSR count). The number of ketones is 1. The summed E-state index contributed by atoms with van der Waals surface area (Å²) < 4.78 is 6.60. The predicted octanol–water partition coefficient (Wildman–Crippen LogP) is 4.61. The molecule has 3 aliphatic carbocycles. The first-order valence-electron chi connectivity index (χ1n) is 13.2. The van der Waals surface area contributed by atoms with E-state index in [2.05, 4.69) is 27.7 Å². The van der Waals surface area contributed by atoms with Crippen molar-refractivity contribution in [3.63, 3.8) is 0 Å². The Kier molecular flexibility index (Phi) is 6.54. The van der Waals surface area contributed by atoms with E-state index < -0.39 is 23.0 Å². The number of fused-ring (bicyclic) bond motifs is 5. The van der Waals surface area contributed by atoms with Gasteiger partial charge in [0.05, 0.1) is 18.3 Å². The molecule has 0 radical (unpaired) electrons. The highest BCUT2D eigenvalue weighted by atomic mass is 16.5. The zero-order valence-corrected chi connectivity index (χ0v) is 21.9. The summed E-state index contributed by atoms with van der Waals surface area (Å²) in [5.41, 5.74) is 0.0549. The maximum absolute atomic E-state index is 14.1. The van der Waals surface area contributed by atoms with Crippen LogP contribution in [0.25, 0.3) is 0 Å². The van der Waals surface area contributed by atoms with Crippen LogP contribution in [0.15, 0.2) is 11.1 Å². The van der Waals surface area contributed by atoms with Crippen LogP contribution in [0.4, 0.5) is 0 Å². The molecule has 1 aliphatic heterocycles. The van der Waals surface area contributed by atoms with Crippen LogP contribution in [0.1, 0.15) is 92.4 Å². The molecule has 1 heterocycles. The van der Waals surface area contributed by atoms with Gasteiger partial charge in [-0.25, -0.2) is 0 Å². The third kappa shape index (κ3) is 3.79. The van der Waals surface area contributed by atoms with Crippen LogP contribution < -0.4 is 0 Å². The number of carbonyl (C=O) groups is 3. The molecule has 1 unspecified atom stereocenters. The second-order valence-electron chi connectivity index (χ2n) is 12.7. The SMILES string of the molecule is CC(CCC(=O)O)[C@H]1CC[C@@]2(C)C3=C(C(=O)C[C@]12C)[C@@](C)(CCCC(=O)O)[C@H]1C[C@@H]3O[C@]1(C)CO. The highest BCUT2D eigenvalue weighted by Crippen LogP contribution is 2.72. The topological polar surface area (TPSA) is 121 Å². The molecule has 7 nitrogen and oxygen atoms in total. The van der Waals surface area contributed by atoms with Gasteiger partial charge in [-0.15, -0.1) is 0 Å². The summed E-state index contributed by atoms with van der Waals surface area (Å²) in [6, 6.07) is 0. The van der Waals surface area contributed by atoms with Gasteiger partial charge < -0.3 is 20.1 Å². The van der Waals surface area contributed by atoms with E-state index >= 15 is 0 Å². The Hall–Kier alpha value is -1.73. The van der Waals surface area contributed by atoms with Crippen molar-refractivity contribution in [1.29, 1.82) is 0 Å². The number of rotatable bonds is 9. The summed E-state index contributed by atoms with van der Waals surface area (Å²) in [6.07, 6.45) is 4.64. The number of allylic oxidation sites excluding steroid dienone is 1. The molecule has 8 atom stereocenters. The number of aliphatic carboxylic acids is 2. The number of Topliss-reactive ketones (excluding diaryl/α,β-unsaturated/α-hetero) is 1.